The number of hydrogen-bond donors (Lipinski definition) is 0. The molecule has 0 bridgehead atoms. The summed E-state index contributed by atoms with van der Waals surface area (Å²) in [6, 6.07) is 6.74. The summed E-state index contributed by atoms with van der Waals surface area (Å²) in [6.07, 6.45) is 9.24. The number of benzene rings is 1. The molecule has 1 aromatic carbocycles. The number of unbranched alkanes of at least 4 members (excludes halogenated alkanes) is 1. The lowest BCUT2D eigenvalue weighted by molar-refractivity contribution is 0.627. The van der Waals surface area contributed by atoms with Gasteiger partial charge in [-0.15, -0.1) is 0 Å². The average Bonchev–Trinajstić information content (AvgIpc) is 2.76. The van der Waals surface area contributed by atoms with E-state index in [4.69, 9.17) is 0 Å². The summed E-state index contributed by atoms with van der Waals surface area (Å²) < 4.78 is 12.8. The van der Waals surface area contributed by atoms with Gasteiger partial charge in [-0.2, -0.15) is 0 Å². The van der Waals surface area contributed by atoms with Crippen molar-refractivity contribution >= 4 is 5.57 Å². The van der Waals surface area contributed by atoms with Crippen LogP contribution in [0.1, 0.15) is 38.2 Å². The Morgan fingerprint density at radius 3 is 2.62 bits per heavy atom. The minimum Gasteiger partial charge on any atom is -0.207 e. The first kappa shape index (κ1) is 11.1. The van der Waals surface area contributed by atoms with Gasteiger partial charge in [0.1, 0.15) is 5.82 Å². The Labute approximate surface area is 96.5 Å². The minimum atomic E-state index is -0.169. The van der Waals surface area contributed by atoms with Crippen molar-refractivity contribution in [1.82, 2.24) is 0 Å². The second-order valence-corrected chi connectivity index (χ2v) is 4.28. The van der Waals surface area contributed by atoms with Gasteiger partial charge in [0.05, 0.1) is 0 Å². The van der Waals surface area contributed by atoms with Crippen LogP contribution in [0.25, 0.3) is 5.57 Å². The molecule has 16 heavy (non-hydrogen) atoms. The van der Waals surface area contributed by atoms with Crippen molar-refractivity contribution in [3.05, 3.63) is 53.4 Å². The van der Waals surface area contributed by atoms with Crippen LogP contribution in [0, 0.1) is 5.82 Å². The summed E-state index contributed by atoms with van der Waals surface area (Å²) in [6.45, 7) is 2.21. The first-order valence-corrected chi connectivity index (χ1v) is 5.95. The topological polar surface area (TPSA) is 0 Å². The van der Waals surface area contributed by atoms with Crippen LogP contribution in [0.5, 0.6) is 0 Å². The Balaban J connectivity index is 2.06. The predicted octanol–water partition coefficient (Wildman–Crippen LogP) is 4.73. The fourth-order valence-corrected chi connectivity index (χ4v) is 2.00. The molecule has 0 saturated heterocycles. The van der Waals surface area contributed by atoms with Crippen molar-refractivity contribution in [1.29, 1.82) is 0 Å². The molecule has 84 valence electrons. The third kappa shape index (κ3) is 2.60. The third-order valence-corrected chi connectivity index (χ3v) is 2.97. The number of halogens is 1. The molecule has 0 aromatic heterocycles. The van der Waals surface area contributed by atoms with E-state index in [-0.39, 0.29) is 5.82 Å². The first-order chi connectivity index (χ1) is 7.79. The molecule has 0 spiro atoms. The van der Waals surface area contributed by atoms with Crippen molar-refractivity contribution in [3.8, 4) is 0 Å². The van der Waals surface area contributed by atoms with E-state index in [1.54, 1.807) is 0 Å². The van der Waals surface area contributed by atoms with Crippen molar-refractivity contribution in [2.75, 3.05) is 0 Å². The molecule has 0 N–H and O–H groups in total. The molecule has 1 heteroatoms. The van der Waals surface area contributed by atoms with Crippen molar-refractivity contribution < 1.29 is 4.39 Å². The summed E-state index contributed by atoms with van der Waals surface area (Å²) in [7, 11) is 0. The zero-order chi connectivity index (χ0) is 11.4. The summed E-state index contributed by atoms with van der Waals surface area (Å²) >= 11 is 0. The first-order valence-electron chi connectivity index (χ1n) is 5.95. The number of hydrogen-bond acceptors (Lipinski definition) is 0. The maximum absolute atomic E-state index is 12.8. The van der Waals surface area contributed by atoms with Crippen molar-refractivity contribution in [2.45, 2.75) is 32.6 Å². The quantitative estimate of drug-likeness (QED) is 0.682. The van der Waals surface area contributed by atoms with Gasteiger partial charge in [-0.3, -0.25) is 0 Å². The SMILES string of the molecule is CCCCC1=CC(c2ccc(F)cc2)=CC1. The Hall–Kier alpha value is -1.37. The number of rotatable bonds is 4. The van der Waals surface area contributed by atoms with E-state index in [0.717, 1.165) is 12.0 Å². The van der Waals surface area contributed by atoms with Crippen LogP contribution in [0.2, 0.25) is 0 Å². The molecule has 0 fully saturated rings. The summed E-state index contributed by atoms with van der Waals surface area (Å²) in [5.74, 6) is -0.169. The largest absolute Gasteiger partial charge is 0.207 e. The van der Waals surface area contributed by atoms with Gasteiger partial charge in [0.25, 0.3) is 0 Å². The fraction of sp³-hybridized carbons (Fsp3) is 0.333. The highest BCUT2D eigenvalue weighted by atomic mass is 19.1. The van der Waals surface area contributed by atoms with Crippen LogP contribution in [-0.4, -0.2) is 0 Å². The molecule has 0 saturated carbocycles. The molecule has 0 unspecified atom stereocenters. The van der Waals surface area contributed by atoms with E-state index >= 15 is 0 Å². The molecule has 0 aliphatic heterocycles. The predicted molar refractivity (Wildman–Crippen MR) is 66.6 cm³/mol. The van der Waals surface area contributed by atoms with E-state index in [1.165, 1.54) is 42.5 Å². The van der Waals surface area contributed by atoms with Gasteiger partial charge in [0.15, 0.2) is 0 Å². The zero-order valence-corrected chi connectivity index (χ0v) is 9.67. The summed E-state index contributed by atoms with van der Waals surface area (Å²) in [5, 5.41) is 0. The Morgan fingerprint density at radius 2 is 1.94 bits per heavy atom. The lowest BCUT2D eigenvalue weighted by Crippen LogP contribution is -1.80. The highest BCUT2D eigenvalue weighted by molar-refractivity contribution is 5.77. The highest BCUT2D eigenvalue weighted by Crippen LogP contribution is 2.28. The van der Waals surface area contributed by atoms with Gasteiger partial charge in [-0.05, 0) is 42.5 Å². The molecule has 1 aliphatic carbocycles. The van der Waals surface area contributed by atoms with E-state index in [2.05, 4.69) is 19.1 Å². The monoisotopic (exact) mass is 216 g/mol. The Kier molecular flexibility index (Phi) is 3.55. The van der Waals surface area contributed by atoms with Gasteiger partial charge in [-0.25, -0.2) is 4.39 Å². The smallest absolute Gasteiger partial charge is 0.123 e. The molecule has 0 heterocycles. The van der Waals surface area contributed by atoms with Crippen LogP contribution in [-0.2, 0) is 0 Å². The van der Waals surface area contributed by atoms with Crippen LogP contribution in [0.3, 0.4) is 0 Å². The molecule has 1 aromatic rings. The maximum Gasteiger partial charge on any atom is 0.123 e. The molecule has 0 atom stereocenters. The molecule has 0 nitrogen and oxygen atoms in total. The van der Waals surface area contributed by atoms with Gasteiger partial charge < -0.3 is 0 Å². The van der Waals surface area contributed by atoms with Crippen LogP contribution in [0.4, 0.5) is 4.39 Å². The van der Waals surface area contributed by atoms with E-state index in [1.807, 2.05) is 12.1 Å². The van der Waals surface area contributed by atoms with Gasteiger partial charge in [-0.1, -0.05) is 43.2 Å². The van der Waals surface area contributed by atoms with Crippen LogP contribution >= 0.6 is 0 Å². The Morgan fingerprint density at radius 1 is 1.19 bits per heavy atom. The fourth-order valence-electron chi connectivity index (χ4n) is 2.00. The van der Waals surface area contributed by atoms with E-state index < -0.39 is 0 Å². The van der Waals surface area contributed by atoms with Gasteiger partial charge in [0, 0.05) is 0 Å². The highest BCUT2D eigenvalue weighted by Gasteiger charge is 2.07. The van der Waals surface area contributed by atoms with E-state index in [9.17, 15) is 4.39 Å². The van der Waals surface area contributed by atoms with Gasteiger partial charge >= 0.3 is 0 Å². The molecule has 1 aliphatic rings. The molecular formula is C15H17F. The van der Waals surface area contributed by atoms with Crippen LogP contribution < -0.4 is 0 Å². The summed E-state index contributed by atoms with van der Waals surface area (Å²) in [4.78, 5) is 0. The number of allylic oxidation sites excluding steroid dienone is 4. The second-order valence-electron chi connectivity index (χ2n) is 4.28. The molecule has 0 amide bonds. The van der Waals surface area contributed by atoms with Gasteiger partial charge in [0.2, 0.25) is 0 Å². The van der Waals surface area contributed by atoms with E-state index in [0.29, 0.717) is 0 Å². The van der Waals surface area contributed by atoms with Crippen molar-refractivity contribution in [3.63, 3.8) is 0 Å². The lowest BCUT2D eigenvalue weighted by Gasteiger charge is -2.00. The lowest BCUT2D eigenvalue weighted by atomic mass is 10.1. The third-order valence-electron chi connectivity index (χ3n) is 2.97. The van der Waals surface area contributed by atoms with Crippen LogP contribution in [0.15, 0.2) is 42.0 Å². The van der Waals surface area contributed by atoms with Crippen molar-refractivity contribution in [2.24, 2.45) is 0 Å². The zero-order valence-electron chi connectivity index (χ0n) is 9.67. The second kappa shape index (κ2) is 5.11. The summed E-state index contributed by atoms with van der Waals surface area (Å²) in [5.41, 5.74) is 3.86. The Bertz CT molecular complexity index is 410. The molecule has 2 rings (SSSR count). The maximum atomic E-state index is 12.8. The minimum absolute atomic E-state index is 0.169. The average molecular weight is 216 g/mol. The standard InChI is InChI=1S/C15H17F/c1-2-3-4-12-5-6-14(11-12)13-7-9-15(16)10-8-13/h6-11H,2-5H2,1H3. The molecule has 0 radical (unpaired) electrons. The normalized spacial score (nSPS) is 14.9. The molecular weight excluding hydrogens is 199 g/mol.